The summed E-state index contributed by atoms with van der Waals surface area (Å²) in [6.45, 7) is 2.62. The first kappa shape index (κ1) is 15.3. The van der Waals surface area contributed by atoms with Crippen LogP contribution in [-0.4, -0.2) is 54.1 Å². The van der Waals surface area contributed by atoms with Crippen LogP contribution < -0.4 is 10.6 Å². The fourth-order valence-corrected chi connectivity index (χ4v) is 2.13. The maximum atomic E-state index is 11.9. The van der Waals surface area contributed by atoms with Crippen LogP contribution in [0.1, 0.15) is 26.2 Å². The summed E-state index contributed by atoms with van der Waals surface area (Å²) in [6.07, 6.45) is 1.45. The van der Waals surface area contributed by atoms with Crippen molar-refractivity contribution < 1.29 is 19.5 Å². The van der Waals surface area contributed by atoms with Gasteiger partial charge in [0.1, 0.15) is 6.04 Å². The predicted molar refractivity (Wildman–Crippen MR) is 68.6 cm³/mol. The molecule has 2 unspecified atom stereocenters. The molecule has 19 heavy (non-hydrogen) atoms. The molecule has 7 heteroatoms. The number of hydrogen-bond acceptors (Lipinski definition) is 3. The molecule has 0 saturated carbocycles. The third kappa shape index (κ3) is 4.42. The van der Waals surface area contributed by atoms with Gasteiger partial charge in [-0.25, -0.2) is 9.59 Å². The van der Waals surface area contributed by atoms with Gasteiger partial charge in [0.25, 0.3) is 0 Å². The van der Waals surface area contributed by atoms with E-state index in [4.69, 9.17) is 5.11 Å². The summed E-state index contributed by atoms with van der Waals surface area (Å²) in [6, 6.07) is -1.19. The number of rotatable bonds is 4. The second kappa shape index (κ2) is 6.96. The summed E-state index contributed by atoms with van der Waals surface area (Å²) >= 11 is 0. The number of nitrogens with one attached hydrogen (secondary N) is 2. The first-order valence-electron chi connectivity index (χ1n) is 6.43. The molecule has 0 aromatic rings. The predicted octanol–water partition coefficient (Wildman–Crippen LogP) is 0.0172. The van der Waals surface area contributed by atoms with Gasteiger partial charge in [-0.3, -0.25) is 4.79 Å². The number of urea groups is 1. The third-order valence-corrected chi connectivity index (χ3v) is 3.32. The molecule has 1 saturated heterocycles. The quantitative estimate of drug-likeness (QED) is 0.671. The molecule has 1 heterocycles. The monoisotopic (exact) mass is 271 g/mol. The van der Waals surface area contributed by atoms with E-state index in [1.807, 2.05) is 6.92 Å². The van der Waals surface area contributed by atoms with E-state index in [2.05, 4.69) is 10.6 Å². The van der Waals surface area contributed by atoms with Crippen molar-refractivity contribution in [2.45, 2.75) is 32.2 Å². The lowest BCUT2D eigenvalue weighted by Crippen LogP contribution is -2.53. The van der Waals surface area contributed by atoms with E-state index in [-0.39, 0.29) is 18.9 Å². The zero-order chi connectivity index (χ0) is 14.4. The molecule has 0 spiro atoms. The minimum atomic E-state index is -0.979. The molecule has 1 aliphatic heterocycles. The number of piperidine rings is 1. The standard InChI is InChI=1S/C12H21N3O4/c1-8-4-6-15(9(7-8)11(17)18)12(19)14-5-3-10(16)13-2/h8-9H,3-7H2,1-2H3,(H,13,16)(H,14,19)(H,17,18). The topological polar surface area (TPSA) is 98.7 Å². The molecule has 3 N–H and O–H groups in total. The highest BCUT2D eigenvalue weighted by Crippen LogP contribution is 2.22. The Morgan fingerprint density at radius 3 is 2.63 bits per heavy atom. The molecule has 7 nitrogen and oxygen atoms in total. The zero-order valence-electron chi connectivity index (χ0n) is 11.3. The highest BCUT2D eigenvalue weighted by atomic mass is 16.4. The number of hydrogen-bond donors (Lipinski definition) is 3. The Labute approximate surface area is 112 Å². The molecule has 1 fully saturated rings. The molecule has 0 aromatic heterocycles. The highest BCUT2D eigenvalue weighted by molar-refractivity contribution is 5.83. The fourth-order valence-electron chi connectivity index (χ4n) is 2.13. The minimum Gasteiger partial charge on any atom is -0.480 e. The van der Waals surface area contributed by atoms with Crippen molar-refractivity contribution in [2.24, 2.45) is 5.92 Å². The fraction of sp³-hybridized carbons (Fsp3) is 0.750. The molecule has 2 atom stereocenters. The van der Waals surface area contributed by atoms with Crippen molar-refractivity contribution >= 4 is 17.9 Å². The van der Waals surface area contributed by atoms with E-state index in [0.29, 0.717) is 18.9 Å². The van der Waals surface area contributed by atoms with Gasteiger partial charge < -0.3 is 20.6 Å². The van der Waals surface area contributed by atoms with Crippen molar-refractivity contribution in [1.29, 1.82) is 0 Å². The normalized spacial score (nSPS) is 22.7. The molecule has 0 aliphatic carbocycles. The molecule has 0 radical (unpaired) electrons. The van der Waals surface area contributed by atoms with Gasteiger partial charge in [0.2, 0.25) is 5.91 Å². The van der Waals surface area contributed by atoms with Gasteiger partial charge >= 0.3 is 12.0 Å². The Morgan fingerprint density at radius 2 is 2.05 bits per heavy atom. The Kier molecular flexibility index (Phi) is 5.59. The van der Waals surface area contributed by atoms with E-state index < -0.39 is 18.0 Å². The number of carboxylic acids is 1. The van der Waals surface area contributed by atoms with Gasteiger partial charge in [-0.2, -0.15) is 0 Å². The molecular weight excluding hydrogens is 250 g/mol. The number of nitrogens with zero attached hydrogens (tertiary/aromatic N) is 1. The van der Waals surface area contributed by atoms with Gasteiger partial charge in [0.05, 0.1) is 0 Å². The molecule has 1 rings (SSSR count). The number of amides is 3. The van der Waals surface area contributed by atoms with Crippen molar-refractivity contribution in [3.63, 3.8) is 0 Å². The summed E-state index contributed by atoms with van der Waals surface area (Å²) in [4.78, 5) is 35.4. The van der Waals surface area contributed by atoms with E-state index in [9.17, 15) is 14.4 Å². The van der Waals surface area contributed by atoms with Crippen LogP contribution in [-0.2, 0) is 9.59 Å². The first-order valence-corrected chi connectivity index (χ1v) is 6.43. The summed E-state index contributed by atoms with van der Waals surface area (Å²) in [7, 11) is 1.52. The summed E-state index contributed by atoms with van der Waals surface area (Å²) in [5, 5.41) is 14.2. The van der Waals surface area contributed by atoms with Crippen LogP contribution in [0.4, 0.5) is 4.79 Å². The lowest BCUT2D eigenvalue weighted by molar-refractivity contribution is -0.143. The Bertz CT molecular complexity index is 359. The summed E-state index contributed by atoms with van der Waals surface area (Å²) in [5.74, 6) is -0.841. The maximum absolute atomic E-state index is 11.9. The van der Waals surface area contributed by atoms with Gasteiger partial charge in [-0.15, -0.1) is 0 Å². The zero-order valence-corrected chi connectivity index (χ0v) is 11.3. The van der Waals surface area contributed by atoms with Gasteiger partial charge in [0.15, 0.2) is 0 Å². The van der Waals surface area contributed by atoms with Crippen LogP contribution in [0.3, 0.4) is 0 Å². The average molecular weight is 271 g/mol. The lowest BCUT2D eigenvalue weighted by Gasteiger charge is -2.35. The molecule has 3 amide bonds. The van der Waals surface area contributed by atoms with Crippen LogP contribution in [0.2, 0.25) is 0 Å². The number of carboxylic acid groups (broad SMARTS) is 1. The van der Waals surface area contributed by atoms with Crippen LogP contribution in [0, 0.1) is 5.92 Å². The summed E-state index contributed by atoms with van der Waals surface area (Å²) in [5.41, 5.74) is 0. The van der Waals surface area contributed by atoms with E-state index in [1.54, 1.807) is 0 Å². The van der Waals surface area contributed by atoms with E-state index >= 15 is 0 Å². The largest absolute Gasteiger partial charge is 0.480 e. The van der Waals surface area contributed by atoms with Crippen molar-refractivity contribution in [1.82, 2.24) is 15.5 Å². The van der Waals surface area contributed by atoms with E-state index in [0.717, 1.165) is 6.42 Å². The van der Waals surface area contributed by atoms with Crippen LogP contribution >= 0.6 is 0 Å². The summed E-state index contributed by atoms with van der Waals surface area (Å²) < 4.78 is 0. The van der Waals surface area contributed by atoms with Crippen LogP contribution in [0.25, 0.3) is 0 Å². The highest BCUT2D eigenvalue weighted by Gasteiger charge is 2.34. The first-order chi connectivity index (χ1) is 8.95. The second-order valence-electron chi connectivity index (χ2n) is 4.83. The van der Waals surface area contributed by atoms with Crippen molar-refractivity contribution in [3.05, 3.63) is 0 Å². The SMILES string of the molecule is CNC(=O)CCNC(=O)N1CCC(C)CC1C(=O)O. The number of aliphatic carboxylic acids is 1. The van der Waals surface area contributed by atoms with Gasteiger partial charge in [0, 0.05) is 26.6 Å². The average Bonchev–Trinajstić information content (AvgIpc) is 2.38. The van der Waals surface area contributed by atoms with Crippen LogP contribution in [0.5, 0.6) is 0 Å². The minimum absolute atomic E-state index is 0.164. The Morgan fingerprint density at radius 1 is 1.37 bits per heavy atom. The van der Waals surface area contributed by atoms with Gasteiger partial charge in [-0.05, 0) is 18.8 Å². The Hall–Kier alpha value is -1.79. The lowest BCUT2D eigenvalue weighted by atomic mass is 9.93. The molecule has 0 aromatic carbocycles. The van der Waals surface area contributed by atoms with Crippen LogP contribution in [0.15, 0.2) is 0 Å². The smallest absolute Gasteiger partial charge is 0.326 e. The Balaban J connectivity index is 2.49. The molecular formula is C12H21N3O4. The number of likely N-dealkylation sites (tertiary alicyclic amines) is 1. The second-order valence-corrected chi connectivity index (χ2v) is 4.83. The molecule has 108 valence electrons. The van der Waals surface area contributed by atoms with Gasteiger partial charge in [-0.1, -0.05) is 6.92 Å². The van der Waals surface area contributed by atoms with E-state index in [1.165, 1.54) is 11.9 Å². The molecule has 1 aliphatic rings. The van der Waals surface area contributed by atoms with Crippen molar-refractivity contribution in [3.8, 4) is 0 Å². The maximum Gasteiger partial charge on any atom is 0.326 e. The van der Waals surface area contributed by atoms with Crippen molar-refractivity contribution in [2.75, 3.05) is 20.1 Å². The number of carbonyl (C=O) groups excluding carboxylic acids is 2. The number of carbonyl (C=O) groups is 3. The molecule has 0 bridgehead atoms. The third-order valence-electron chi connectivity index (χ3n) is 3.32.